The molecule has 9 heteroatoms. The summed E-state index contributed by atoms with van der Waals surface area (Å²) in [5.74, 6) is -0.0586. The maximum Gasteiger partial charge on any atom is 0.217 e. The molecule has 0 radical (unpaired) electrons. The Hall–Kier alpha value is -1.74. The second kappa shape index (κ2) is 7.43. The zero-order valence-electron chi connectivity index (χ0n) is 14.4. The molecule has 2 rings (SSSR count). The van der Waals surface area contributed by atoms with E-state index in [4.69, 9.17) is 0 Å². The molecule has 2 aromatic rings. The minimum atomic E-state index is -0.302. The SMILES string of the molecule is CC(=O)NCc1ccc(C(=O)[C@@H](C)Sc2nnnn2C(C)(C)C)s1. The summed E-state index contributed by atoms with van der Waals surface area (Å²) in [6.45, 7) is 9.78. The number of thioether (sulfide) groups is 1. The number of hydrogen-bond acceptors (Lipinski definition) is 7. The highest BCUT2D eigenvalue weighted by Gasteiger charge is 2.25. The van der Waals surface area contributed by atoms with Gasteiger partial charge >= 0.3 is 0 Å². The molecular weight excluding hydrogens is 346 g/mol. The maximum atomic E-state index is 12.6. The van der Waals surface area contributed by atoms with Crippen LogP contribution in [0.1, 0.15) is 49.2 Å². The average molecular weight is 368 g/mol. The van der Waals surface area contributed by atoms with E-state index in [9.17, 15) is 9.59 Å². The van der Waals surface area contributed by atoms with Crippen LogP contribution in [0.15, 0.2) is 17.3 Å². The van der Waals surface area contributed by atoms with Crippen LogP contribution >= 0.6 is 23.1 Å². The Balaban J connectivity index is 2.05. The Morgan fingerprint density at radius 2 is 2.08 bits per heavy atom. The van der Waals surface area contributed by atoms with E-state index in [1.165, 1.54) is 30.0 Å². The van der Waals surface area contributed by atoms with Gasteiger partial charge in [0.1, 0.15) is 0 Å². The van der Waals surface area contributed by atoms with Gasteiger partial charge in [0.2, 0.25) is 11.1 Å². The third-order valence-electron chi connectivity index (χ3n) is 3.14. The van der Waals surface area contributed by atoms with Crippen LogP contribution in [0.2, 0.25) is 0 Å². The van der Waals surface area contributed by atoms with Gasteiger partial charge in [-0.2, -0.15) is 0 Å². The lowest BCUT2D eigenvalue weighted by Gasteiger charge is -2.20. The molecule has 0 fully saturated rings. The summed E-state index contributed by atoms with van der Waals surface area (Å²) >= 11 is 2.75. The Morgan fingerprint density at radius 1 is 1.38 bits per heavy atom. The molecule has 7 nitrogen and oxygen atoms in total. The van der Waals surface area contributed by atoms with Crippen LogP contribution in [-0.4, -0.2) is 37.1 Å². The fraction of sp³-hybridized carbons (Fsp3) is 0.533. The standard InChI is InChI=1S/C15H21N5O2S2/c1-9(23-14-17-18-19-20(14)15(3,4)5)13(22)12-7-6-11(24-12)8-16-10(2)21/h6-7,9H,8H2,1-5H3,(H,16,21)/t9-/m1/s1. The van der Waals surface area contributed by atoms with E-state index in [0.717, 1.165) is 4.88 Å². The highest BCUT2D eigenvalue weighted by atomic mass is 32.2. The number of aromatic nitrogens is 4. The molecule has 130 valence electrons. The van der Waals surface area contributed by atoms with Crippen LogP contribution in [0.25, 0.3) is 0 Å². The molecule has 1 N–H and O–H groups in total. The highest BCUT2D eigenvalue weighted by molar-refractivity contribution is 8.00. The smallest absolute Gasteiger partial charge is 0.217 e. The summed E-state index contributed by atoms with van der Waals surface area (Å²) in [5.41, 5.74) is -0.247. The fourth-order valence-corrected chi connectivity index (χ4v) is 4.00. The van der Waals surface area contributed by atoms with Crippen LogP contribution in [0, 0.1) is 0 Å². The summed E-state index contributed by atoms with van der Waals surface area (Å²) in [6, 6.07) is 3.67. The van der Waals surface area contributed by atoms with Crippen molar-refractivity contribution in [3.63, 3.8) is 0 Å². The molecule has 0 bridgehead atoms. The Kier molecular flexibility index (Phi) is 5.76. The van der Waals surface area contributed by atoms with Crippen molar-refractivity contribution in [2.24, 2.45) is 0 Å². The predicted octanol–water partition coefficient (Wildman–Crippen LogP) is 2.49. The molecule has 0 saturated heterocycles. The van der Waals surface area contributed by atoms with Crippen LogP contribution in [0.3, 0.4) is 0 Å². The van der Waals surface area contributed by atoms with E-state index < -0.39 is 0 Å². The molecule has 0 spiro atoms. The summed E-state index contributed by atoms with van der Waals surface area (Å²) in [5, 5.41) is 14.8. The van der Waals surface area contributed by atoms with E-state index in [2.05, 4.69) is 20.8 Å². The van der Waals surface area contributed by atoms with Gasteiger partial charge in [0.25, 0.3) is 0 Å². The Labute approximate surface area is 149 Å². The van der Waals surface area contributed by atoms with Crippen LogP contribution in [0.4, 0.5) is 0 Å². The average Bonchev–Trinajstić information content (AvgIpc) is 3.12. The first kappa shape index (κ1) is 18.6. The van der Waals surface area contributed by atoms with Crippen molar-refractivity contribution in [3.8, 4) is 0 Å². The third kappa shape index (κ3) is 4.64. The first-order valence-electron chi connectivity index (χ1n) is 7.51. The van der Waals surface area contributed by atoms with E-state index in [0.29, 0.717) is 16.6 Å². The minimum absolute atomic E-state index is 0.0301. The van der Waals surface area contributed by atoms with Gasteiger partial charge in [-0.25, -0.2) is 4.68 Å². The van der Waals surface area contributed by atoms with Gasteiger partial charge in [0, 0.05) is 11.8 Å². The molecule has 0 aliphatic heterocycles. The molecule has 0 aliphatic carbocycles. The first-order valence-corrected chi connectivity index (χ1v) is 9.21. The number of tetrazole rings is 1. The summed E-state index contributed by atoms with van der Waals surface area (Å²) in [6.07, 6.45) is 0. The van der Waals surface area contributed by atoms with Gasteiger partial charge in [-0.1, -0.05) is 11.8 Å². The fourth-order valence-electron chi connectivity index (χ4n) is 1.90. The number of thiophene rings is 1. The zero-order chi connectivity index (χ0) is 17.9. The maximum absolute atomic E-state index is 12.6. The van der Waals surface area contributed by atoms with E-state index >= 15 is 0 Å². The lowest BCUT2D eigenvalue weighted by Crippen LogP contribution is -2.25. The molecule has 1 atom stereocenters. The molecule has 2 aromatic heterocycles. The molecule has 0 saturated carbocycles. The molecule has 24 heavy (non-hydrogen) atoms. The number of carbonyl (C=O) groups excluding carboxylic acids is 2. The topological polar surface area (TPSA) is 89.8 Å². The number of hydrogen-bond donors (Lipinski definition) is 1. The number of ketones is 1. The van der Waals surface area contributed by atoms with Gasteiger partial charge in [0.15, 0.2) is 5.78 Å². The molecule has 1 amide bonds. The third-order valence-corrected chi connectivity index (χ3v) is 5.28. The van der Waals surface area contributed by atoms with E-state index in [1.54, 1.807) is 10.7 Å². The molecule has 2 heterocycles. The van der Waals surface area contributed by atoms with E-state index in [1.807, 2.05) is 33.8 Å². The zero-order valence-corrected chi connectivity index (χ0v) is 16.0. The van der Waals surface area contributed by atoms with Crippen molar-refractivity contribution < 1.29 is 9.59 Å². The van der Waals surface area contributed by atoms with Gasteiger partial charge in [-0.3, -0.25) is 9.59 Å². The Bertz CT molecular complexity index is 732. The van der Waals surface area contributed by atoms with Crippen molar-refractivity contribution in [1.82, 2.24) is 25.5 Å². The number of nitrogens with one attached hydrogen (secondary N) is 1. The summed E-state index contributed by atoms with van der Waals surface area (Å²) < 4.78 is 1.72. The van der Waals surface area contributed by atoms with Gasteiger partial charge in [0.05, 0.1) is 22.2 Å². The van der Waals surface area contributed by atoms with Crippen LogP contribution in [-0.2, 0) is 16.9 Å². The van der Waals surface area contributed by atoms with Gasteiger partial charge in [-0.05, 0) is 50.3 Å². The number of Topliss-reactive ketones (excluding diaryl/α,β-unsaturated/α-hetero) is 1. The van der Waals surface area contributed by atoms with E-state index in [-0.39, 0.29) is 22.5 Å². The van der Waals surface area contributed by atoms with Crippen molar-refractivity contribution in [2.45, 2.75) is 57.1 Å². The second-order valence-corrected chi connectivity index (χ2v) is 8.82. The highest BCUT2D eigenvalue weighted by Crippen LogP contribution is 2.28. The Morgan fingerprint density at radius 3 is 2.71 bits per heavy atom. The monoisotopic (exact) mass is 367 g/mol. The van der Waals surface area contributed by atoms with Crippen molar-refractivity contribution in [1.29, 1.82) is 0 Å². The van der Waals surface area contributed by atoms with Gasteiger partial charge in [-0.15, -0.1) is 16.4 Å². The number of carbonyl (C=O) groups is 2. The summed E-state index contributed by atoms with van der Waals surface area (Å²) in [7, 11) is 0. The number of amides is 1. The van der Waals surface area contributed by atoms with Crippen LogP contribution in [0.5, 0.6) is 0 Å². The van der Waals surface area contributed by atoms with Crippen LogP contribution < -0.4 is 5.32 Å². The van der Waals surface area contributed by atoms with Crippen molar-refractivity contribution in [3.05, 3.63) is 21.9 Å². The lowest BCUT2D eigenvalue weighted by atomic mass is 10.1. The molecule has 0 unspecified atom stereocenters. The van der Waals surface area contributed by atoms with Crippen molar-refractivity contribution in [2.75, 3.05) is 0 Å². The molecule has 0 aliphatic rings. The quantitative estimate of drug-likeness (QED) is 0.623. The molecule has 0 aromatic carbocycles. The predicted molar refractivity (Wildman–Crippen MR) is 94.3 cm³/mol. The number of nitrogens with zero attached hydrogens (tertiary/aromatic N) is 4. The summed E-state index contributed by atoms with van der Waals surface area (Å²) in [4.78, 5) is 25.2. The minimum Gasteiger partial charge on any atom is -0.351 e. The lowest BCUT2D eigenvalue weighted by molar-refractivity contribution is -0.119. The first-order chi connectivity index (χ1) is 11.2. The molecular formula is C15H21N5O2S2. The normalized spacial score (nSPS) is 12.9. The number of rotatable bonds is 6. The largest absolute Gasteiger partial charge is 0.351 e. The van der Waals surface area contributed by atoms with Gasteiger partial charge < -0.3 is 5.32 Å². The van der Waals surface area contributed by atoms with Crippen molar-refractivity contribution >= 4 is 34.8 Å². The second-order valence-electron chi connectivity index (χ2n) is 6.34.